The number of rotatable bonds is 5. The van der Waals surface area contributed by atoms with Gasteiger partial charge in [0.2, 0.25) is 0 Å². The van der Waals surface area contributed by atoms with Crippen molar-refractivity contribution < 1.29 is 0 Å². The van der Waals surface area contributed by atoms with Gasteiger partial charge in [-0.3, -0.25) is 9.88 Å². The standard InChI is InChI=1S/C20H21ClN4S/c1-2-3-20-23-11-15-13-25(9-8-16(15)24-20)12-14-4-5-17(22-10-14)18-6-7-19(21)26-18/h4-7,10-11H,2-3,8-9,12-13H2,1H3. The number of nitrogens with zero attached hydrogens (tertiary/aromatic N) is 4. The summed E-state index contributed by atoms with van der Waals surface area (Å²) in [5, 5.41) is 0. The fourth-order valence-corrected chi connectivity index (χ4v) is 4.29. The molecule has 0 fully saturated rings. The van der Waals surface area contributed by atoms with Crippen LogP contribution in [0.2, 0.25) is 4.34 Å². The van der Waals surface area contributed by atoms with E-state index < -0.39 is 0 Å². The Labute approximate surface area is 162 Å². The maximum absolute atomic E-state index is 6.01. The molecule has 0 amide bonds. The quantitative estimate of drug-likeness (QED) is 0.635. The second-order valence-corrected chi connectivity index (χ2v) is 8.34. The van der Waals surface area contributed by atoms with Crippen molar-refractivity contribution in [2.45, 2.75) is 39.3 Å². The van der Waals surface area contributed by atoms with Crippen LogP contribution in [0.15, 0.2) is 36.7 Å². The van der Waals surface area contributed by atoms with E-state index in [1.165, 1.54) is 16.8 Å². The van der Waals surface area contributed by atoms with Gasteiger partial charge >= 0.3 is 0 Å². The van der Waals surface area contributed by atoms with E-state index >= 15 is 0 Å². The van der Waals surface area contributed by atoms with Crippen LogP contribution in [0.5, 0.6) is 0 Å². The fourth-order valence-electron chi connectivity index (χ4n) is 3.27. The van der Waals surface area contributed by atoms with Crippen LogP contribution in [0.25, 0.3) is 10.6 Å². The summed E-state index contributed by atoms with van der Waals surface area (Å²) in [6.07, 6.45) is 7.03. The van der Waals surface area contributed by atoms with Gasteiger partial charge < -0.3 is 0 Å². The molecule has 0 aliphatic carbocycles. The molecule has 0 unspecified atom stereocenters. The minimum absolute atomic E-state index is 0.794. The Morgan fingerprint density at radius 1 is 1.15 bits per heavy atom. The number of aromatic nitrogens is 3. The molecule has 0 spiro atoms. The van der Waals surface area contributed by atoms with Crippen molar-refractivity contribution in [3.05, 3.63) is 63.6 Å². The second-order valence-electron chi connectivity index (χ2n) is 6.62. The van der Waals surface area contributed by atoms with Crippen LogP contribution >= 0.6 is 22.9 Å². The molecule has 0 aromatic carbocycles. The van der Waals surface area contributed by atoms with E-state index in [-0.39, 0.29) is 0 Å². The lowest BCUT2D eigenvalue weighted by atomic mass is 10.1. The molecule has 3 aromatic rings. The van der Waals surface area contributed by atoms with Gasteiger partial charge in [-0.2, -0.15) is 0 Å². The van der Waals surface area contributed by atoms with E-state index in [9.17, 15) is 0 Å². The summed E-state index contributed by atoms with van der Waals surface area (Å²) in [4.78, 5) is 17.4. The van der Waals surface area contributed by atoms with Crippen LogP contribution in [0.3, 0.4) is 0 Å². The molecule has 6 heteroatoms. The lowest BCUT2D eigenvalue weighted by Crippen LogP contribution is -2.31. The van der Waals surface area contributed by atoms with Gasteiger partial charge in [-0.15, -0.1) is 11.3 Å². The van der Waals surface area contributed by atoms with Crippen molar-refractivity contribution in [2.75, 3.05) is 6.54 Å². The minimum atomic E-state index is 0.794. The molecule has 4 heterocycles. The first-order valence-corrected chi connectivity index (χ1v) is 10.2. The third kappa shape index (κ3) is 3.95. The summed E-state index contributed by atoms with van der Waals surface area (Å²) < 4.78 is 0.794. The smallest absolute Gasteiger partial charge is 0.128 e. The van der Waals surface area contributed by atoms with E-state index in [4.69, 9.17) is 16.6 Å². The first-order chi connectivity index (χ1) is 12.7. The number of pyridine rings is 1. The highest BCUT2D eigenvalue weighted by atomic mass is 35.5. The minimum Gasteiger partial charge on any atom is -0.294 e. The van der Waals surface area contributed by atoms with Crippen LogP contribution in [0, 0.1) is 0 Å². The number of hydrogen-bond donors (Lipinski definition) is 0. The van der Waals surface area contributed by atoms with Crippen molar-refractivity contribution in [3.8, 4) is 10.6 Å². The molecule has 134 valence electrons. The van der Waals surface area contributed by atoms with Crippen molar-refractivity contribution in [2.24, 2.45) is 0 Å². The SMILES string of the molecule is CCCc1ncc2c(n1)CCN(Cc1ccc(-c3ccc(Cl)s3)nc1)C2. The Kier molecular flexibility index (Phi) is 5.29. The van der Waals surface area contributed by atoms with Crippen molar-refractivity contribution in [1.29, 1.82) is 0 Å². The number of thiophene rings is 1. The first-order valence-electron chi connectivity index (χ1n) is 8.98. The predicted molar refractivity (Wildman–Crippen MR) is 106 cm³/mol. The molecule has 0 N–H and O–H groups in total. The van der Waals surface area contributed by atoms with Gasteiger partial charge in [0.15, 0.2) is 0 Å². The predicted octanol–water partition coefficient (Wildman–Crippen LogP) is 4.76. The summed E-state index contributed by atoms with van der Waals surface area (Å²) in [5.74, 6) is 0.980. The molecule has 0 radical (unpaired) electrons. The van der Waals surface area contributed by atoms with E-state index in [1.54, 1.807) is 11.3 Å². The second kappa shape index (κ2) is 7.82. The van der Waals surface area contributed by atoms with Crippen LogP contribution in [-0.4, -0.2) is 26.4 Å². The first kappa shape index (κ1) is 17.6. The van der Waals surface area contributed by atoms with Crippen molar-refractivity contribution >= 4 is 22.9 Å². The van der Waals surface area contributed by atoms with Crippen LogP contribution in [0.4, 0.5) is 0 Å². The van der Waals surface area contributed by atoms with Gasteiger partial charge in [0.25, 0.3) is 0 Å². The van der Waals surface area contributed by atoms with E-state index in [0.717, 1.165) is 59.6 Å². The van der Waals surface area contributed by atoms with Gasteiger partial charge in [0, 0.05) is 56.1 Å². The highest BCUT2D eigenvalue weighted by Crippen LogP contribution is 2.29. The van der Waals surface area contributed by atoms with Crippen LogP contribution in [0.1, 0.15) is 36.0 Å². The summed E-state index contributed by atoms with van der Waals surface area (Å²) in [5.41, 5.74) is 4.69. The molecule has 0 saturated carbocycles. The molecule has 4 nitrogen and oxygen atoms in total. The van der Waals surface area contributed by atoms with Gasteiger partial charge in [-0.05, 0) is 30.2 Å². The van der Waals surface area contributed by atoms with Gasteiger partial charge in [0.1, 0.15) is 5.82 Å². The van der Waals surface area contributed by atoms with Crippen molar-refractivity contribution in [1.82, 2.24) is 19.9 Å². The molecule has 3 aromatic heterocycles. The molecular formula is C20H21ClN4S. The molecular weight excluding hydrogens is 364 g/mol. The molecule has 0 atom stereocenters. The lowest BCUT2D eigenvalue weighted by molar-refractivity contribution is 0.242. The fraction of sp³-hybridized carbons (Fsp3) is 0.350. The Bertz CT molecular complexity index is 891. The third-order valence-electron chi connectivity index (χ3n) is 4.59. The average Bonchev–Trinajstić information content (AvgIpc) is 3.09. The zero-order valence-corrected chi connectivity index (χ0v) is 16.4. The summed E-state index contributed by atoms with van der Waals surface area (Å²) in [7, 11) is 0. The Morgan fingerprint density at radius 3 is 2.81 bits per heavy atom. The number of fused-ring (bicyclic) bond motifs is 1. The maximum Gasteiger partial charge on any atom is 0.128 e. The lowest BCUT2D eigenvalue weighted by Gasteiger charge is -2.28. The average molecular weight is 385 g/mol. The highest BCUT2D eigenvalue weighted by molar-refractivity contribution is 7.19. The van der Waals surface area contributed by atoms with Crippen molar-refractivity contribution in [3.63, 3.8) is 0 Å². The summed E-state index contributed by atoms with van der Waals surface area (Å²) in [6.45, 7) is 4.99. The van der Waals surface area contributed by atoms with Gasteiger partial charge in [-0.25, -0.2) is 9.97 Å². The highest BCUT2D eigenvalue weighted by Gasteiger charge is 2.18. The van der Waals surface area contributed by atoms with E-state index in [0.29, 0.717) is 0 Å². The molecule has 4 rings (SSSR count). The zero-order valence-electron chi connectivity index (χ0n) is 14.8. The van der Waals surface area contributed by atoms with Crippen LogP contribution < -0.4 is 0 Å². The van der Waals surface area contributed by atoms with E-state index in [2.05, 4.69) is 33.9 Å². The number of aryl methyl sites for hydroxylation is 1. The van der Waals surface area contributed by atoms with Crippen LogP contribution in [-0.2, 0) is 25.9 Å². The number of halogens is 1. The number of hydrogen-bond acceptors (Lipinski definition) is 5. The molecule has 1 aliphatic heterocycles. The Balaban J connectivity index is 1.42. The van der Waals surface area contributed by atoms with E-state index in [1.807, 2.05) is 24.5 Å². The molecule has 0 bridgehead atoms. The Hall–Kier alpha value is -1.82. The molecule has 26 heavy (non-hydrogen) atoms. The summed E-state index contributed by atoms with van der Waals surface area (Å²) in [6, 6.07) is 8.17. The largest absolute Gasteiger partial charge is 0.294 e. The topological polar surface area (TPSA) is 41.9 Å². The van der Waals surface area contributed by atoms with Gasteiger partial charge in [-0.1, -0.05) is 24.6 Å². The zero-order chi connectivity index (χ0) is 17.9. The summed E-state index contributed by atoms with van der Waals surface area (Å²) >= 11 is 7.57. The normalized spacial score (nSPS) is 14.4. The van der Waals surface area contributed by atoms with Gasteiger partial charge in [0.05, 0.1) is 14.9 Å². The third-order valence-corrected chi connectivity index (χ3v) is 5.85. The molecule has 1 aliphatic rings. The molecule has 0 saturated heterocycles. The maximum atomic E-state index is 6.01. The monoisotopic (exact) mass is 384 g/mol. The Morgan fingerprint density at radius 2 is 2.08 bits per heavy atom.